The van der Waals surface area contributed by atoms with Crippen molar-refractivity contribution in [1.29, 1.82) is 0 Å². The number of aliphatic hydroxyl groups is 1. The molecular weight excluding hydrogens is 296 g/mol. The zero-order chi connectivity index (χ0) is 16.8. The standard InChI is InChI=1S/C18H16O5/c1-10(2)17(21)23-18(22)9-15(19)13-7-11-5-3-4-6-12(11)8-14(13)16(18)20/h3-8,13-14,22H,1,9H2,2H3. The fourth-order valence-electron chi connectivity index (χ4n) is 2.97. The zero-order valence-electron chi connectivity index (χ0n) is 12.6. The second-order valence-electron chi connectivity index (χ2n) is 5.98. The highest BCUT2D eigenvalue weighted by molar-refractivity contribution is 6.08. The normalized spacial score (nSPS) is 28.8. The van der Waals surface area contributed by atoms with Crippen LogP contribution in [-0.4, -0.2) is 28.4 Å². The van der Waals surface area contributed by atoms with E-state index in [9.17, 15) is 19.5 Å². The summed E-state index contributed by atoms with van der Waals surface area (Å²) in [6, 6.07) is 7.37. The lowest BCUT2D eigenvalue weighted by molar-refractivity contribution is -0.214. The van der Waals surface area contributed by atoms with Gasteiger partial charge in [0.1, 0.15) is 5.78 Å². The molecule has 118 valence electrons. The van der Waals surface area contributed by atoms with Crippen molar-refractivity contribution in [3.63, 3.8) is 0 Å². The molecule has 0 aromatic heterocycles. The Kier molecular flexibility index (Phi) is 3.53. The first-order chi connectivity index (χ1) is 10.8. The Morgan fingerprint density at radius 2 is 1.78 bits per heavy atom. The van der Waals surface area contributed by atoms with Crippen molar-refractivity contribution in [1.82, 2.24) is 0 Å². The Labute approximate surface area is 132 Å². The number of rotatable bonds is 2. The second kappa shape index (κ2) is 5.28. The number of hydrogen-bond donors (Lipinski definition) is 1. The van der Waals surface area contributed by atoms with Crippen LogP contribution in [0.4, 0.5) is 0 Å². The highest BCUT2D eigenvalue weighted by Gasteiger charge is 2.53. The summed E-state index contributed by atoms with van der Waals surface area (Å²) < 4.78 is 4.87. The summed E-state index contributed by atoms with van der Waals surface area (Å²) in [5.74, 6) is -5.81. The van der Waals surface area contributed by atoms with Gasteiger partial charge in [0.2, 0.25) is 5.78 Å². The van der Waals surface area contributed by atoms with Gasteiger partial charge in [0.15, 0.2) is 0 Å². The number of esters is 1. The maximum absolute atomic E-state index is 12.6. The van der Waals surface area contributed by atoms with Crippen molar-refractivity contribution in [2.45, 2.75) is 19.1 Å². The summed E-state index contributed by atoms with van der Waals surface area (Å²) in [6.07, 6.45) is 2.85. The lowest BCUT2D eigenvalue weighted by Gasteiger charge is -2.37. The average molecular weight is 312 g/mol. The molecule has 0 bridgehead atoms. The minimum Gasteiger partial charge on any atom is -0.422 e. The van der Waals surface area contributed by atoms with E-state index in [2.05, 4.69) is 6.58 Å². The molecule has 1 aromatic rings. The summed E-state index contributed by atoms with van der Waals surface area (Å²) in [4.78, 5) is 36.7. The van der Waals surface area contributed by atoms with Crippen LogP contribution in [0.1, 0.15) is 13.3 Å². The quantitative estimate of drug-likeness (QED) is 0.466. The van der Waals surface area contributed by atoms with E-state index in [1.807, 2.05) is 24.3 Å². The molecule has 0 spiro atoms. The molecule has 1 fully saturated rings. The van der Waals surface area contributed by atoms with Crippen LogP contribution in [-0.2, 0) is 19.1 Å². The van der Waals surface area contributed by atoms with E-state index in [0.717, 1.165) is 10.4 Å². The van der Waals surface area contributed by atoms with Crippen LogP contribution < -0.4 is 10.4 Å². The van der Waals surface area contributed by atoms with Crippen LogP contribution in [0.2, 0.25) is 0 Å². The van der Waals surface area contributed by atoms with Crippen molar-refractivity contribution in [3.05, 3.63) is 46.9 Å². The van der Waals surface area contributed by atoms with Gasteiger partial charge in [0, 0.05) is 5.57 Å². The van der Waals surface area contributed by atoms with Crippen molar-refractivity contribution < 1.29 is 24.2 Å². The van der Waals surface area contributed by atoms with Gasteiger partial charge in [-0.25, -0.2) is 4.79 Å². The monoisotopic (exact) mass is 312 g/mol. The number of ether oxygens (including phenoxy) is 1. The van der Waals surface area contributed by atoms with Crippen molar-refractivity contribution >= 4 is 29.7 Å². The number of Topliss-reactive ketones (excluding diaryl/α,β-unsaturated/α-hetero) is 2. The van der Waals surface area contributed by atoms with Gasteiger partial charge in [0.05, 0.1) is 18.3 Å². The van der Waals surface area contributed by atoms with Crippen molar-refractivity contribution in [2.75, 3.05) is 0 Å². The smallest absolute Gasteiger partial charge is 0.335 e. The van der Waals surface area contributed by atoms with Crippen molar-refractivity contribution in [2.24, 2.45) is 11.8 Å². The first kappa shape index (κ1) is 15.4. The lowest BCUT2D eigenvalue weighted by atomic mass is 9.72. The minimum atomic E-state index is -2.43. The zero-order valence-corrected chi connectivity index (χ0v) is 12.6. The largest absolute Gasteiger partial charge is 0.422 e. The van der Waals surface area contributed by atoms with Gasteiger partial charge in [-0.15, -0.1) is 0 Å². The summed E-state index contributed by atoms with van der Waals surface area (Å²) in [7, 11) is 0. The van der Waals surface area contributed by atoms with Gasteiger partial charge in [-0.2, -0.15) is 0 Å². The fraction of sp³-hybridized carbons (Fsp3) is 0.278. The highest BCUT2D eigenvalue weighted by atomic mass is 16.7. The van der Waals surface area contributed by atoms with Crippen molar-refractivity contribution in [3.8, 4) is 0 Å². The molecule has 0 heterocycles. The molecule has 1 saturated carbocycles. The molecule has 1 N–H and O–H groups in total. The third-order valence-electron chi connectivity index (χ3n) is 4.18. The predicted molar refractivity (Wildman–Crippen MR) is 82.1 cm³/mol. The molecule has 2 aliphatic rings. The first-order valence-corrected chi connectivity index (χ1v) is 7.29. The second-order valence-corrected chi connectivity index (χ2v) is 5.98. The third-order valence-corrected chi connectivity index (χ3v) is 4.18. The number of carbonyl (C=O) groups is 3. The molecule has 5 heteroatoms. The Balaban J connectivity index is 2.02. The molecule has 3 rings (SSSR count). The van der Waals surface area contributed by atoms with E-state index < -0.39 is 35.8 Å². The number of ketones is 2. The van der Waals surface area contributed by atoms with Crippen LogP contribution in [0.15, 0.2) is 36.4 Å². The van der Waals surface area contributed by atoms with E-state index in [1.165, 1.54) is 6.92 Å². The molecule has 0 amide bonds. The molecule has 0 saturated heterocycles. The van der Waals surface area contributed by atoms with E-state index >= 15 is 0 Å². The van der Waals surface area contributed by atoms with Crippen LogP contribution in [0.3, 0.4) is 0 Å². The molecular formula is C18H16O5. The summed E-state index contributed by atoms with van der Waals surface area (Å²) in [6.45, 7) is 4.81. The molecule has 1 aromatic carbocycles. The number of carbonyl (C=O) groups excluding carboxylic acids is 3. The number of benzene rings is 1. The van der Waals surface area contributed by atoms with E-state index in [-0.39, 0.29) is 11.4 Å². The summed E-state index contributed by atoms with van der Waals surface area (Å²) in [5, 5.41) is 12.1. The van der Waals surface area contributed by atoms with E-state index in [0.29, 0.717) is 0 Å². The Morgan fingerprint density at radius 3 is 2.35 bits per heavy atom. The SMILES string of the molecule is C=C(C)C(=O)OC1(O)CC(=O)C2C=c3ccccc3=CC2C1=O. The first-order valence-electron chi connectivity index (χ1n) is 7.29. The molecule has 3 atom stereocenters. The fourth-order valence-corrected chi connectivity index (χ4v) is 2.97. The molecule has 3 unspecified atom stereocenters. The summed E-state index contributed by atoms with van der Waals surface area (Å²) in [5.41, 5.74) is 0.0466. The Morgan fingerprint density at radius 1 is 1.22 bits per heavy atom. The molecule has 0 aliphatic heterocycles. The van der Waals surface area contributed by atoms with E-state index in [1.54, 1.807) is 12.2 Å². The predicted octanol–water partition coefficient (Wildman–Crippen LogP) is -0.157. The van der Waals surface area contributed by atoms with Crippen LogP contribution in [0.25, 0.3) is 12.2 Å². The molecule has 2 aliphatic carbocycles. The topological polar surface area (TPSA) is 80.7 Å². The van der Waals surface area contributed by atoms with Crippen LogP contribution in [0, 0.1) is 11.8 Å². The summed E-state index contributed by atoms with van der Waals surface area (Å²) >= 11 is 0. The van der Waals surface area contributed by atoms with Crippen LogP contribution >= 0.6 is 0 Å². The van der Waals surface area contributed by atoms with Gasteiger partial charge >= 0.3 is 5.97 Å². The molecule has 0 radical (unpaired) electrons. The molecule has 5 nitrogen and oxygen atoms in total. The maximum atomic E-state index is 12.6. The Hall–Kier alpha value is -2.53. The Bertz CT molecular complexity index is 850. The third kappa shape index (κ3) is 2.53. The van der Waals surface area contributed by atoms with Gasteiger partial charge in [0.25, 0.3) is 5.79 Å². The van der Waals surface area contributed by atoms with Gasteiger partial charge < -0.3 is 9.84 Å². The van der Waals surface area contributed by atoms with E-state index in [4.69, 9.17) is 4.74 Å². The molecule has 23 heavy (non-hydrogen) atoms. The number of fused-ring (bicyclic) bond motifs is 2. The van der Waals surface area contributed by atoms with Gasteiger partial charge in [-0.05, 0) is 17.4 Å². The average Bonchev–Trinajstić information content (AvgIpc) is 2.51. The highest BCUT2D eigenvalue weighted by Crippen LogP contribution is 2.35. The minimum absolute atomic E-state index is 0.0466. The maximum Gasteiger partial charge on any atom is 0.335 e. The van der Waals surface area contributed by atoms with Gasteiger partial charge in [-0.1, -0.05) is 43.0 Å². The number of hydrogen-bond acceptors (Lipinski definition) is 5. The lowest BCUT2D eigenvalue weighted by Crippen LogP contribution is -2.56. The van der Waals surface area contributed by atoms with Gasteiger partial charge in [-0.3, -0.25) is 9.59 Å². The van der Waals surface area contributed by atoms with Crippen LogP contribution in [0.5, 0.6) is 0 Å².